The van der Waals surface area contributed by atoms with E-state index in [0.29, 0.717) is 6.10 Å². The number of hydrogen-bond acceptors (Lipinski definition) is 2. The summed E-state index contributed by atoms with van der Waals surface area (Å²) in [5, 5.41) is 0. The zero-order valence-electron chi connectivity index (χ0n) is 11.4. The Morgan fingerprint density at radius 2 is 1.89 bits per heavy atom. The fraction of sp³-hybridized carbons (Fsp3) is 0.625. The maximum atomic E-state index is 6.15. The molecule has 1 aromatic carbocycles. The zero-order chi connectivity index (χ0) is 12.8. The van der Waals surface area contributed by atoms with E-state index >= 15 is 0 Å². The van der Waals surface area contributed by atoms with E-state index < -0.39 is 0 Å². The van der Waals surface area contributed by atoms with Crippen molar-refractivity contribution in [3.63, 3.8) is 0 Å². The number of ether oxygens (including phenoxy) is 1. The predicted molar refractivity (Wildman–Crippen MR) is 75.8 cm³/mol. The van der Waals surface area contributed by atoms with Gasteiger partial charge in [0.05, 0.1) is 6.10 Å². The third-order valence-electron chi connectivity index (χ3n) is 3.78. The van der Waals surface area contributed by atoms with Crippen molar-refractivity contribution in [2.45, 2.75) is 64.0 Å². The van der Waals surface area contributed by atoms with Gasteiger partial charge in [-0.05, 0) is 49.8 Å². The molecule has 0 unspecified atom stereocenters. The average molecular weight is 247 g/mol. The van der Waals surface area contributed by atoms with Gasteiger partial charge in [0.25, 0.3) is 0 Å². The third kappa shape index (κ3) is 3.74. The molecule has 1 aromatic rings. The monoisotopic (exact) mass is 247 g/mol. The van der Waals surface area contributed by atoms with Crippen LogP contribution >= 0.6 is 0 Å². The van der Waals surface area contributed by atoms with Gasteiger partial charge in [0.1, 0.15) is 5.75 Å². The first-order chi connectivity index (χ1) is 8.79. The number of hydrogen-bond donors (Lipinski definition) is 1. The minimum atomic E-state index is 0.172. The molecule has 0 bridgehead atoms. The molecular formula is C16H25NO. The highest BCUT2D eigenvalue weighted by Gasteiger charge is 2.16. The summed E-state index contributed by atoms with van der Waals surface area (Å²) in [4.78, 5) is 0. The minimum absolute atomic E-state index is 0.172. The largest absolute Gasteiger partial charge is 0.490 e. The molecule has 0 radical (unpaired) electrons. The van der Waals surface area contributed by atoms with Crippen LogP contribution in [0.25, 0.3) is 0 Å². The molecule has 0 saturated heterocycles. The molecule has 1 saturated carbocycles. The molecule has 1 aliphatic rings. The van der Waals surface area contributed by atoms with Crippen molar-refractivity contribution in [1.82, 2.24) is 0 Å². The molecule has 18 heavy (non-hydrogen) atoms. The smallest absolute Gasteiger partial charge is 0.119 e. The van der Waals surface area contributed by atoms with Gasteiger partial charge < -0.3 is 10.5 Å². The van der Waals surface area contributed by atoms with Gasteiger partial charge in [0, 0.05) is 6.04 Å². The van der Waals surface area contributed by atoms with E-state index in [1.54, 1.807) is 0 Å². The summed E-state index contributed by atoms with van der Waals surface area (Å²) in [6, 6.07) is 8.54. The van der Waals surface area contributed by atoms with Crippen LogP contribution in [-0.2, 0) is 0 Å². The molecule has 0 amide bonds. The second-order valence-corrected chi connectivity index (χ2v) is 5.34. The molecule has 0 heterocycles. The van der Waals surface area contributed by atoms with E-state index in [-0.39, 0.29) is 6.04 Å². The molecule has 2 N–H and O–H groups in total. The van der Waals surface area contributed by atoms with Crippen molar-refractivity contribution < 1.29 is 4.74 Å². The van der Waals surface area contributed by atoms with Crippen LogP contribution in [0.4, 0.5) is 0 Å². The van der Waals surface area contributed by atoms with Crippen LogP contribution < -0.4 is 10.5 Å². The van der Waals surface area contributed by atoms with Gasteiger partial charge in [0.15, 0.2) is 0 Å². The Balaban J connectivity index is 1.88. The lowest BCUT2D eigenvalue weighted by Gasteiger charge is -2.15. The first-order valence-electron chi connectivity index (χ1n) is 7.32. The maximum absolute atomic E-state index is 6.15. The molecule has 0 aromatic heterocycles. The Hall–Kier alpha value is -1.02. The van der Waals surface area contributed by atoms with Crippen molar-refractivity contribution in [1.29, 1.82) is 0 Å². The summed E-state index contributed by atoms with van der Waals surface area (Å²) in [6.07, 6.45) is 8.94. The number of rotatable bonds is 6. The molecule has 2 nitrogen and oxygen atoms in total. The van der Waals surface area contributed by atoms with Gasteiger partial charge >= 0.3 is 0 Å². The standard InChI is InChI=1S/C16H25NO/c1-2-3-8-16(17)13-9-11-15(12-10-13)18-14-6-4-5-7-14/h9-12,14,16H,2-8,17H2,1H3/t16-/m1/s1. The van der Waals surface area contributed by atoms with Gasteiger partial charge in [-0.25, -0.2) is 0 Å². The lowest BCUT2D eigenvalue weighted by atomic mass is 10.0. The second-order valence-electron chi connectivity index (χ2n) is 5.34. The Morgan fingerprint density at radius 1 is 1.22 bits per heavy atom. The molecule has 1 fully saturated rings. The van der Waals surface area contributed by atoms with Crippen LogP contribution in [0, 0.1) is 0 Å². The first kappa shape index (κ1) is 13.4. The molecule has 2 heteroatoms. The van der Waals surface area contributed by atoms with E-state index in [1.165, 1.54) is 44.1 Å². The third-order valence-corrected chi connectivity index (χ3v) is 3.78. The van der Waals surface area contributed by atoms with Crippen LogP contribution in [0.1, 0.15) is 63.5 Å². The summed E-state index contributed by atoms with van der Waals surface area (Å²) < 4.78 is 5.95. The minimum Gasteiger partial charge on any atom is -0.490 e. The fourth-order valence-corrected chi connectivity index (χ4v) is 2.58. The predicted octanol–water partition coefficient (Wildman–Crippen LogP) is 4.20. The number of benzene rings is 1. The topological polar surface area (TPSA) is 35.2 Å². The van der Waals surface area contributed by atoms with Crippen LogP contribution in [-0.4, -0.2) is 6.10 Å². The Morgan fingerprint density at radius 3 is 2.50 bits per heavy atom. The molecule has 0 spiro atoms. The van der Waals surface area contributed by atoms with Crippen molar-refractivity contribution in [3.8, 4) is 5.75 Å². The van der Waals surface area contributed by atoms with E-state index in [0.717, 1.165) is 12.2 Å². The van der Waals surface area contributed by atoms with Crippen LogP contribution in [0.15, 0.2) is 24.3 Å². The summed E-state index contributed by atoms with van der Waals surface area (Å²) in [6.45, 7) is 2.20. The van der Waals surface area contributed by atoms with Crippen LogP contribution in [0.2, 0.25) is 0 Å². The van der Waals surface area contributed by atoms with Crippen LogP contribution in [0.5, 0.6) is 5.75 Å². The van der Waals surface area contributed by atoms with Crippen LogP contribution in [0.3, 0.4) is 0 Å². The zero-order valence-corrected chi connectivity index (χ0v) is 11.4. The molecule has 1 aliphatic carbocycles. The summed E-state index contributed by atoms with van der Waals surface area (Å²) in [5.41, 5.74) is 7.38. The summed E-state index contributed by atoms with van der Waals surface area (Å²) >= 11 is 0. The maximum Gasteiger partial charge on any atom is 0.119 e. The summed E-state index contributed by atoms with van der Waals surface area (Å²) in [5.74, 6) is 0.994. The van der Waals surface area contributed by atoms with Gasteiger partial charge in [-0.2, -0.15) is 0 Å². The molecule has 0 aliphatic heterocycles. The lowest BCUT2D eigenvalue weighted by Crippen LogP contribution is -2.12. The lowest BCUT2D eigenvalue weighted by molar-refractivity contribution is 0.210. The highest BCUT2D eigenvalue weighted by Crippen LogP contribution is 2.25. The molecular weight excluding hydrogens is 222 g/mol. The normalized spacial score (nSPS) is 17.9. The Kier molecular flexibility index (Phi) is 5.06. The van der Waals surface area contributed by atoms with Gasteiger partial charge in [-0.1, -0.05) is 31.9 Å². The quantitative estimate of drug-likeness (QED) is 0.817. The second kappa shape index (κ2) is 6.79. The van der Waals surface area contributed by atoms with E-state index in [4.69, 9.17) is 10.5 Å². The Bertz CT molecular complexity index is 341. The van der Waals surface area contributed by atoms with Crippen molar-refractivity contribution in [2.24, 2.45) is 5.73 Å². The number of nitrogens with two attached hydrogens (primary N) is 1. The highest BCUT2D eigenvalue weighted by atomic mass is 16.5. The Labute approximate surface area is 111 Å². The van der Waals surface area contributed by atoms with Gasteiger partial charge in [0.2, 0.25) is 0 Å². The number of unbranched alkanes of at least 4 members (excludes halogenated alkanes) is 1. The average Bonchev–Trinajstić information content (AvgIpc) is 2.89. The first-order valence-corrected chi connectivity index (χ1v) is 7.32. The van der Waals surface area contributed by atoms with E-state index in [9.17, 15) is 0 Å². The highest BCUT2D eigenvalue weighted by molar-refractivity contribution is 5.29. The molecule has 1 atom stereocenters. The van der Waals surface area contributed by atoms with E-state index in [2.05, 4.69) is 31.2 Å². The van der Waals surface area contributed by atoms with Crippen molar-refractivity contribution in [3.05, 3.63) is 29.8 Å². The molecule has 2 rings (SSSR count). The van der Waals surface area contributed by atoms with Gasteiger partial charge in [-0.15, -0.1) is 0 Å². The van der Waals surface area contributed by atoms with Crippen molar-refractivity contribution >= 4 is 0 Å². The van der Waals surface area contributed by atoms with Crippen molar-refractivity contribution in [2.75, 3.05) is 0 Å². The fourth-order valence-electron chi connectivity index (χ4n) is 2.58. The van der Waals surface area contributed by atoms with E-state index in [1.807, 2.05) is 0 Å². The summed E-state index contributed by atoms with van der Waals surface area (Å²) in [7, 11) is 0. The van der Waals surface area contributed by atoms with Gasteiger partial charge in [-0.3, -0.25) is 0 Å². The SMILES string of the molecule is CCCC[C@@H](N)c1ccc(OC2CCCC2)cc1. The molecule has 100 valence electrons.